The zero-order valence-corrected chi connectivity index (χ0v) is 14.8. The monoisotopic (exact) mass is 369 g/mol. The molecule has 0 unspecified atom stereocenters. The number of hydrogen-bond acceptors (Lipinski definition) is 5. The van der Waals surface area contributed by atoms with Gasteiger partial charge < -0.3 is 15.0 Å². The molecule has 2 aromatic carbocycles. The second-order valence-electron chi connectivity index (χ2n) is 6.26. The van der Waals surface area contributed by atoms with Crippen molar-refractivity contribution in [2.45, 2.75) is 19.8 Å². The summed E-state index contributed by atoms with van der Waals surface area (Å²) >= 11 is 0. The van der Waals surface area contributed by atoms with Crippen LogP contribution in [0.3, 0.4) is 0 Å². The summed E-state index contributed by atoms with van der Waals surface area (Å²) in [5, 5.41) is 13.7. The third-order valence-corrected chi connectivity index (χ3v) is 4.21. The van der Waals surface area contributed by atoms with Gasteiger partial charge in [0.2, 0.25) is 5.91 Å². The lowest BCUT2D eigenvalue weighted by Crippen LogP contribution is -2.23. The van der Waals surface area contributed by atoms with E-state index in [1.54, 1.807) is 42.2 Å². The SMILES string of the molecule is Cc1ccc(OCC(=O)Nc2ccc(N3CCCC3=O)cc2)c([N+](=O)[O-])c1. The molecule has 0 spiro atoms. The molecule has 3 rings (SSSR count). The molecule has 2 amide bonds. The van der Waals surface area contributed by atoms with E-state index in [0.29, 0.717) is 18.7 Å². The van der Waals surface area contributed by atoms with Crippen LogP contribution in [0.1, 0.15) is 18.4 Å². The Labute approximate surface area is 155 Å². The first-order valence-corrected chi connectivity index (χ1v) is 8.52. The van der Waals surface area contributed by atoms with Crippen molar-refractivity contribution in [3.05, 3.63) is 58.1 Å². The van der Waals surface area contributed by atoms with E-state index < -0.39 is 10.8 Å². The summed E-state index contributed by atoms with van der Waals surface area (Å²) in [6, 6.07) is 11.5. The molecule has 1 N–H and O–H groups in total. The Bertz CT molecular complexity index is 879. The van der Waals surface area contributed by atoms with Gasteiger partial charge in [-0.15, -0.1) is 0 Å². The van der Waals surface area contributed by atoms with E-state index in [-0.39, 0.29) is 24.0 Å². The number of nitrogens with one attached hydrogen (secondary N) is 1. The van der Waals surface area contributed by atoms with Gasteiger partial charge in [-0.3, -0.25) is 19.7 Å². The molecule has 1 aliphatic heterocycles. The molecule has 1 fully saturated rings. The average molecular weight is 369 g/mol. The maximum absolute atomic E-state index is 12.1. The van der Waals surface area contributed by atoms with Gasteiger partial charge >= 0.3 is 5.69 Å². The topological polar surface area (TPSA) is 102 Å². The van der Waals surface area contributed by atoms with Crippen LogP contribution in [0.15, 0.2) is 42.5 Å². The molecule has 0 radical (unpaired) electrons. The molecule has 0 bridgehead atoms. The number of amides is 2. The van der Waals surface area contributed by atoms with Crippen molar-refractivity contribution in [1.82, 2.24) is 0 Å². The Hall–Kier alpha value is -3.42. The minimum absolute atomic E-state index is 0.0450. The first-order chi connectivity index (χ1) is 12.9. The van der Waals surface area contributed by atoms with Crippen LogP contribution in [-0.2, 0) is 9.59 Å². The van der Waals surface area contributed by atoms with Crippen molar-refractivity contribution in [1.29, 1.82) is 0 Å². The predicted octanol–water partition coefficient (Wildman–Crippen LogP) is 3.05. The van der Waals surface area contributed by atoms with Crippen LogP contribution in [-0.4, -0.2) is 29.9 Å². The van der Waals surface area contributed by atoms with E-state index in [1.165, 1.54) is 12.1 Å². The van der Waals surface area contributed by atoms with E-state index in [4.69, 9.17) is 4.74 Å². The van der Waals surface area contributed by atoms with Crippen molar-refractivity contribution in [3.63, 3.8) is 0 Å². The standard InChI is InChI=1S/C19H19N3O5/c1-13-4-9-17(16(11-13)22(25)26)27-12-18(23)20-14-5-7-15(8-6-14)21-10-2-3-19(21)24/h4-9,11H,2-3,10,12H2,1H3,(H,20,23). The second-order valence-corrected chi connectivity index (χ2v) is 6.26. The molecule has 140 valence electrons. The first kappa shape index (κ1) is 18.4. The number of ether oxygens (including phenoxy) is 1. The lowest BCUT2D eigenvalue weighted by molar-refractivity contribution is -0.385. The molecule has 1 saturated heterocycles. The highest BCUT2D eigenvalue weighted by molar-refractivity contribution is 5.96. The molecule has 1 aliphatic rings. The number of carbonyl (C=O) groups is 2. The molecular weight excluding hydrogens is 350 g/mol. The summed E-state index contributed by atoms with van der Waals surface area (Å²) in [5.74, 6) is -0.293. The van der Waals surface area contributed by atoms with E-state index >= 15 is 0 Å². The number of hydrogen-bond donors (Lipinski definition) is 1. The van der Waals surface area contributed by atoms with E-state index in [2.05, 4.69) is 5.32 Å². The van der Waals surface area contributed by atoms with Crippen molar-refractivity contribution in [2.75, 3.05) is 23.4 Å². The Morgan fingerprint density at radius 3 is 2.63 bits per heavy atom. The molecule has 1 heterocycles. The Kier molecular flexibility index (Phi) is 5.35. The fourth-order valence-electron chi connectivity index (χ4n) is 2.88. The molecule has 27 heavy (non-hydrogen) atoms. The molecule has 8 nitrogen and oxygen atoms in total. The van der Waals surface area contributed by atoms with Gasteiger partial charge in [0.05, 0.1) is 4.92 Å². The van der Waals surface area contributed by atoms with Gasteiger partial charge in [-0.05, 0) is 49.2 Å². The zero-order chi connectivity index (χ0) is 19.4. The van der Waals surface area contributed by atoms with Crippen LogP contribution < -0.4 is 15.0 Å². The first-order valence-electron chi connectivity index (χ1n) is 8.52. The van der Waals surface area contributed by atoms with Crippen LogP contribution in [0.5, 0.6) is 5.75 Å². The van der Waals surface area contributed by atoms with E-state index in [9.17, 15) is 19.7 Å². The lowest BCUT2D eigenvalue weighted by atomic mass is 10.2. The summed E-state index contributed by atoms with van der Waals surface area (Å²) in [6.45, 7) is 2.09. The molecule has 0 aliphatic carbocycles. The third kappa shape index (κ3) is 4.41. The number of nitro benzene ring substituents is 1. The number of aryl methyl sites for hydroxylation is 1. The fraction of sp³-hybridized carbons (Fsp3) is 0.263. The number of benzene rings is 2. The molecule has 0 aromatic heterocycles. The van der Waals surface area contributed by atoms with Crippen LogP contribution in [0.4, 0.5) is 17.1 Å². The van der Waals surface area contributed by atoms with Gasteiger partial charge in [0.25, 0.3) is 5.91 Å². The fourth-order valence-corrected chi connectivity index (χ4v) is 2.88. The van der Waals surface area contributed by atoms with Crippen molar-refractivity contribution in [2.24, 2.45) is 0 Å². The zero-order valence-electron chi connectivity index (χ0n) is 14.8. The Balaban J connectivity index is 1.58. The van der Waals surface area contributed by atoms with Gasteiger partial charge in [-0.1, -0.05) is 6.07 Å². The van der Waals surface area contributed by atoms with Gasteiger partial charge in [0.15, 0.2) is 12.4 Å². The van der Waals surface area contributed by atoms with Crippen LogP contribution in [0.2, 0.25) is 0 Å². The number of rotatable bonds is 6. The molecule has 0 saturated carbocycles. The maximum Gasteiger partial charge on any atom is 0.311 e. The highest BCUT2D eigenvalue weighted by Gasteiger charge is 2.21. The van der Waals surface area contributed by atoms with E-state index in [1.807, 2.05) is 0 Å². The van der Waals surface area contributed by atoms with Gasteiger partial charge in [-0.25, -0.2) is 0 Å². The normalized spacial score (nSPS) is 13.5. The lowest BCUT2D eigenvalue weighted by Gasteiger charge is -2.16. The molecule has 0 atom stereocenters. The van der Waals surface area contributed by atoms with Gasteiger partial charge in [0, 0.05) is 30.4 Å². The van der Waals surface area contributed by atoms with E-state index in [0.717, 1.165) is 17.7 Å². The van der Waals surface area contributed by atoms with Crippen LogP contribution >= 0.6 is 0 Å². The highest BCUT2D eigenvalue weighted by atomic mass is 16.6. The van der Waals surface area contributed by atoms with Crippen molar-refractivity contribution < 1.29 is 19.2 Å². The van der Waals surface area contributed by atoms with Crippen molar-refractivity contribution >= 4 is 28.9 Å². The predicted molar refractivity (Wildman–Crippen MR) is 100.0 cm³/mol. The number of nitrogens with zero attached hydrogens (tertiary/aromatic N) is 2. The summed E-state index contributed by atoms with van der Waals surface area (Å²) in [5.41, 5.74) is 1.90. The summed E-state index contributed by atoms with van der Waals surface area (Å²) in [4.78, 5) is 36.0. The largest absolute Gasteiger partial charge is 0.477 e. The smallest absolute Gasteiger partial charge is 0.311 e. The Morgan fingerprint density at radius 1 is 1.26 bits per heavy atom. The molecule has 2 aromatic rings. The number of carbonyl (C=O) groups excluding carboxylic acids is 2. The van der Waals surface area contributed by atoms with Gasteiger partial charge in [-0.2, -0.15) is 0 Å². The second kappa shape index (κ2) is 7.86. The van der Waals surface area contributed by atoms with Gasteiger partial charge in [0.1, 0.15) is 0 Å². The highest BCUT2D eigenvalue weighted by Crippen LogP contribution is 2.28. The summed E-state index contributed by atoms with van der Waals surface area (Å²) < 4.78 is 5.30. The Morgan fingerprint density at radius 2 is 2.00 bits per heavy atom. The quantitative estimate of drug-likeness (QED) is 0.623. The summed E-state index contributed by atoms with van der Waals surface area (Å²) in [6.07, 6.45) is 1.40. The maximum atomic E-state index is 12.1. The average Bonchev–Trinajstić information content (AvgIpc) is 3.07. The number of anilines is 2. The number of nitro groups is 1. The van der Waals surface area contributed by atoms with Crippen LogP contribution in [0, 0.1) is 17.0 Å². The minimum Gasteiger partial charge on any atom is -0.477 e. The molecule has 8 heteroatoms. The third-order valence-electron chi connectivity index (χ3n) is 4.21. The van der Waals surface area contributed by atoms with Crippen molar-refractivity contribution in [3.8, 4) is 5.75 Å². The minimum atomic E-state index is -0.543. The molecular formula is C19H19N3O5. The summed E-state index contributed by atoms with van der Waals surface area (Å²) in [7, 11) is 0. The van der Waals surface area contributed by atoms with Crippen LogP contribution in [0.25, 0.3) is 0 Å².